The van der Waals surface area contributed by atoms with Crippen molar-refractivity contribution in [2.45, 2.75) is 73.1 Å². The first-order valence-corrected chi connectivity index (χ1v) is 15.7. The monoisotopic (exact) mass is 584 g/mol. The minimum atomic E-state index is 0.0983. The third kappa shape index (κ3) is 8.87. The van der Waals surface area contributed by atoms with Crippen molar-refractivity contribution < 1.29 is 9.47 Å². The maximum Gasteiger partial charge on any atom is 0.143 e. The van der Waals surface area contributed by atoms with Crippen LogP contribution in [0.3, 0.4) is 0 Å². The van der Waals surface area contributed by atoms with Crippen LogP contribution in [0.4, 0.5) is 11.4 Å². The predicted molar refractivity (Wildman–Crippen MR) is 183 cm³/mol. The molecule has 1 saturated heterocycles. The quantitative estimate of drug-likeness (QED) is 0.276. The van der Waals surface area contributed by atoms with Gasteiger partial charge in [-0.3, -0.25) is 4.90 Å². The first kappa shape index (κ1) is 33.7. The lowest BCUT2D eigenvalue weighted by molar-refractivity contribution is 0.124. The van der Waals surface area contributed by atoms with Gasteiger partial charge < -0.3 is 19.3 Å². The SMILES string of the molecule is C=C.C=C(COC1=CC=C(C)CC1)N1CCN(C(C)C2=Nc3ccccc3CN2c2ccccc2OC(C)C)CC1.CC. The van der Waals surface area contributed by atoms with Gasteiger partial charge in [0, 0.05) is 38.3 Å². The average Bonchev–Trinajstić information content (AvgIpc) is 3.05. The van der Waals surface area contributed by atoms with Crippen molar-refractivity contribution in [3.05, 3.63) is 103 Å². The van der Waals surface area contributed by atoms with E-state index >= 15 is 0 Å². The van der Waals surface area contributed by atoms with Gasteiger partial charge in [0.2, 0.25) is 0 Å². The molecule has 0 bridgehead atoms. The number of piperazine rings is 1. The molecule has 43 heavy (non-hydrogen) atoms. The highest BCUT2D eigenvalue weighted by atomic mass is 16.5. The van der Waals surface area contributed by atoms with Crippen LogP contribution in [0.2, 0.25) is 0 Å². The van der Waals surface area contributed by atoms with Crippen LogP contribution >= 0.6 is 0 Å². The van der Waals surface area contributed by atoms with Gasteiger partial charge in [0.05, 0.1) is 35.8 Å². The number of fused-ring (bicyclic) bond motifs is 1. The van der Waals surface area contributed by atoms with E-state index < -0.39 is 0 Å². The van der Waals surface area contributed by atoms with Gasteiger partial charge in [0.15, 0.2) is 0 Å². The summed E-state index contributed by atoms with van der Waals surface area (Å²) in [5.41, 5.74) is 5.82. The Bertz CT molecular complexity index is 1290. The summed E-state index contributed by atoms with van der Waals surface area (Å²) >= 11 is 0. The maximum absolute atomic E-state index is 6.23. The van der Waals surface area contributed by atoms with Crippen molar-refractivity contribution in [1.29, 1.82) is 0 Å². The lowest BCUT2D eigenvalue weighted by Crippen LogP contribution is -2.55. The number of rotatable bonds is 9. The Labute approximate surface area is 260 Å². The zero-order chi connectivity index (χ0) is 31.4. The zero-order valence-corrected chi connectivity index (χ0v) is 27.3. The van der Waals surface area contributed by atoms with E-state index in [1.807, 2.05) is 19.9 Å². The van der Waals surface area contributed by atoms with Gasteiger partial charge in [-0.1, -0.05) is 62.4 Å². The maximum atomic E-state index is 6.23. The Kier molecular flexibility index (Phi) is 13.1. The molecule has 6 heteroatoms. The fourth-order valence-corrected chi connectivity index (χ4v) is 5.45. The number of allylic oxidation sites excluding steroid dienone is 4. The molecule has 2 aliphatic heterocycles. The lowest BCUT2D eigenvalue weighted by Gasteiger charge is -2.43. The Hall–Kier alpha value is -3.77. The van der Waals surface area contributed by atoms with Gasteiger partial charge in [-0.2, -0.15) is 0 Å². The molecule has 2 aromatic rings. The highest BCUT2D eigenvalue weighted by Gasteiger charge is 2.32. The molecular weight excluding hydrogens is 532 g/mol. The van der Waals surface area contributed by atoms with Crippen LogP contribution < -0.4 is 9.64 Å². The minimum absolute atomic E-state index is 0.0983. The Morgan fingerprint density at radius 3 is 2.26 bits per heavy atom. The smallest absolute Gasteiger partial charge is 0.143 e. The summed E-state index contributed by atoms with van der Waals surface area (Å²) in [6.45, 7) is 28.0. The molecule has 232 valence electrons. The van der Waals surface area contributed by atoms with E-state index in [9.17, 15) is 0 Å². The van der Waals surface area contributed by atoms with E-state index in [0.717, 1.165) is 80.0 Å². The first-order chi connectivity index (χ1) is 20.9. The number of benzene rings is 2. The van der Waals surface area contributed by atoms with Gasteiger partial charge >= 0.3 is 0 Å². The van der Waals surface area contributed by atoms with Crippen LogP contribution in [-0.2, 0) is 11.3 Å². The van der Waals surface area contributed by atoms with Crippen molar-refractivity contribution in [3.8, 4) is 5.75 Å². The van der Waals surface area contributed by atoms with Crippen LogP contribution in [0.5, 0.6) is 5.75 Å². The highest BCUT2D eigenvalue weighted by Crippen LogP contribution is 2.36. The van der Waals surface area contributed by atoms with Crippen LogP contribution in [0.15, 0.2) is 102 Å². The minimum Gasteiger partial charge on any atom is -0.492 e. The lowest BCUT2D eigenvalue weighted by atomic mass is 10.1. The second-order valence-electron chi connectivity index (χ2n) is 11.0. The van der Waals surface area contributed by atoms with E-state index in [1.54, 1.807) is 0 Å². The number of nitrogens with zero attached hydrogens (tertiary/aromatic N) is 4. The fraction of sp³-hybridized carbons (Fsp3) is 0.432. The number of anilines is 1. The summed E-state index contributed by atoms with van der Waals surface area (Å²) in [5.74, 6) is 3.02. The summed E-state index contributed by atoms with van der Waals surface area (Å²) < 4.78 is 12.3. The van der Waals surface area contributed by atoms with E-state index in [-0.39, 0.29) is 12.1 Å². The largest absolute Gasteiger partial charge is 0.492 e. The Morgan fingerprint density at radius 2 is 1.58 bits per heavy atom. The van der Waals surface area contributed by atoms with Gasteiger partial charge in [-0.15, -0.1) is 13.2 Å². The van der Waals surface area contributed by atoms with Crippen LogP contribution in [0.1, 0.15) is 59.9 Å². The molecule has 5 rings (SSSR count). The van der Waals surface area contributed by atoms with Gasteiger partial charge in [0.1, 0.15) is 18.2 Å². The standard InChI is InChI=1S/C33H42N4O2.C2H6.C2H4/c1-24(2)39-32-13-9-8-12-31(32)37-22-28-10-6-7-11-30(28)34-33(37)27(5)36-20-18-35(19-21-36)26(4)23-38-29-16-14-25(3)15-17-29;2*1-2/h6-14,16,24,27H,4,15,17-23H2,1-3,5H3;1-2H3;1-2H2. The van der Waals surface area contributed by atoms with Gasteiger partial charge in [-0.05, 0) is 64.0 Å². The topological polar surface area (TPSA) is 40.5 Å². The highest BCUT2D eigenvalue weighted by molar-refractivity contribution is 6.05. The molecule has 1 atom stereocenters. The molecule has 2 heterocycles. The van der Waals surface area contributed by atoms with E-state index in [2.05, 4.69) is 117 Å². The molecule has 1 fully saturated rings. The van der Waals surface area contributed by atoms with E-state index in [4.69, 9.17) is 14.5 Å². The molecular formula is C37H52N4O2. The summed E-state index contributed by atoms with van der Waals surface area (Å²) in [7, 11) is 0. The van der Waals surface area contributed by atoms with Crippen LogP contribution in [0.25, 0.3) is 0 Å². The molecule has 0 saturated carbocycles. The molecule has 1 aliphatic carbocycles. The van der Waals surface area contributed by atoms with Crippen molar-refractivity contribution in [2.75, 3.05) is 37.7 Å². The number of ether oxygens (including phenoxy) is 2. The molecule has 1 unspecified atom stereocenters. The summed E-state index contributed by atoms with van der Waals surface area (Å²) in [6.07, 6.45) is 6.42. The summed E-state index contributed by atoms with van der Waals surface area (Å²) in [5, 5.41) is 0. The Balaban J connectivity index is 0.00000121. The number of hydrogen-bond donors (Lipinski definition) is 0. The van der Waals surface area contributed by atoms with Crippen molar-refractivity contribution in [1.82, 2.24) is 9.80 Å². The van der Waals surface area contributed by atoms with Crippen LogP contribution in [-0.4, -0.2) is 60.6 Å². The molecule has 0 N–H and O–H groups in total. The predicted octanol–water partition coefficient (Wildman–Crippen LogP) is 8.51. The van der Waals surface area contributed by atoms with Gasteiger partial charge in [-0.25, -0.2) is 4.99 Å². The van der Waals surface area contributed by atoms with Gasteiger partial charge in [0.25, 0.3) is 0 Å². The van der Waals surface area contributed by atoms with E-state index in [1.165, 1.54) is 11.1 Å². The third-order valence-electron chi connectivity index (χ3n) is 7.78. The Morgan fingerprint density at radius 1 is 0.907 bits per heavy atom. The molecule has 0 aromatic heterocycles. The number of hydrogen-bond acceptors (Lipinski definition) is 6. The molecule has 6 nitrogen and oxygen atoms in total. The second kappa shape index (κ2) is 16.8. The molecule has 0 spiro atoms. The van der Waals surface area contributed by atoms with E-state index in [0.29, 0.717) is 6.61 Å². The fourth-order valence-electron chi connectivity index (χ4n) is 5.45. The normalized spacial score (nSPS) is 17.1. The molecule has 2 aromatic carbocycles. The number of amidine groups is 1. The molecule has 0 radical (unpaired) electrons. The summed E-state index contributed by atoms with van der Waals surface area (Å²) in [6, 6.07) is 16.9. The second-order valence-corrected chi connectivity index (χ2v) is 11.0. The van der Waals surface area contributed by atoms with Crippen LogP contribution in [0, 0.1) is 0 Å². The van der Waals surface area contributed by atoms with Crippen molar-refractivity contribution in [3.63, 3.8) is 0 Å². The third-order valence-corrected chi connectivity index (χ3v) is 7.78. The number of para-hydroxylation sites is 3. The first-order valence-electron chi connectivity index (χ1n) is 15.7. The number of aliphatic imine (C=N–C) groups is 1. The molecule has 3 aliphatic rings. The van der Waals surface area contributed by atoms with Crippen molar-refractivity contribution in [2.24, 2.45) is 4.99 Å². The zero-order valence-electron chi connectivity index (χ0n) is 27.3. The summed E-state index contributed by atoms with van der Waals surface area (Å²) in [4.78, 5) is 12.5. The van der Waals surface area contributed by atoms with Crippen molar-refractivity contribution >= 4 is 17.2 Å². The average molecular weight is 585 g/mol. The molecule has 0 amide bonds.